The Morgan fingerprint density at radius 1 is 1.35 bits per heavy atom. The molecule has 0 spiro atoms. The van der Waals surface area contributed by atoms with Crippen molar-refractivity contribution in [3.8, 4) is 0 Å². The topological polar surface area (TPSA) is 40.5 Å². The molecule has 0 unspecified atom stereocenters. The molecule has 1 aliphatic heterocycles. The molecule has 0 bridgehead atoms. The number of hydrogen-bond acceptors (Lipinski definition) is 3. The minimum Gasteiger partial charge on any atom is -0.478 e. The second kappa shape index (κ2) is 5.38. The van der Waals surface area contributed by atoms with Gasteiger partial charge in [-0.2, -0.15) is 0 Å². The summed E-state index contributed by atoms with van der Waals surface area (Å²) in [5.41, 5.74) is 2.64. The van der Waals surface area contributed by atoms with Crippen LogP contribution in [-0.4, -0.2) is 22.5 Å². The second-order valence-corrected chi connectivity index (χ2v) is 6.59. The Morgan fingerprint density at radius 2 is 2.20 bits per heavy atom. The number of aromatic carboxylic acids is 1. The van der Waals surface area contributed by atoms with Crippen LogP contribution in [0, 0.1) is 6.92 Å². The first-order chi connectivity index (χ1) is 9.63. The van der Waals surface area contributed by atoms with Gasteiger partial charge in [-0.05, 0) is 42.7 Å². The predicted molar refractivity (Wildman–Crippen MR) is 80.3 cm³/mol. The van der Waals surface area contributed by atoms with E-state index >= 15 is 0 Å². The third kappa shape index (κ3) is 2.62. The largest absolute Gasteiger partial charge is 0.478 e. The number of carbonyl (C=O) groups is 1. The molecule has 3 rings (SSSR count). The molecular weight excluding hydrogens is 270 g/mol. The maximum absolute atomic E-state index is 11.2. The summed E-state index contributed by atoms with van der Waals surface area (Å²) >= 11 is 1.83. The minimum absolute atomic E-state index is 0.467. The molecule has 1 N–H and O–H groups in total. The Morgan fingerprint density at radius 3 is 2.90 bits per heavy atom. The molecule has 20 heavy (non-hydrogen) atoms. The monoisotopic (exact) mass is 287 g/mol. The first kappa shape index (κ1) is 13.3. The molecule has 0 radical (unpaired) electrons. The molecule has 2 heterocycles. The Kier molecular flexibility index (Phi) is 3.59. The summed E-state index contributed by atoms with van der Waals surface area (Å²) < 4.78 is 0. The average molecular weight is 287 g/mol. The van der Waals surface area contributed by atoms with Crippen LogP contribution in [0.5, 0.6) is 0 Å². The van der Waals surface area contributed by atoms with Crippen LogP contribution in [0.1, 0.15) is 31.2 Å². The predicted octanol–water partition coefficient (Wildman–Crippen LogP) is 3.31. The number of thiophene rings is 1. The average Bonchev–Trinajstić information content (AvgIpc) is 2.83. The fourth-order valence-electron chi connectivity index (χ4n) is 2.79. The normalized spacial score (nSPS) is 15.1. The van der Waals surface area contributed by atoms with Crippen molar-refractivity contribution in [1.82, 2.24) is 4.90 Å². The smallest absolute Gasteiger partial charge is 0.335 e. The van der Waals surface area contributed by atoms with Crippen molar-refractivity contribution in [3.63, 3.8) is 0 Å². The lowest BCUT2D eigenvalue weighted by Gasteiger charge is -2.29. The Balaban J connectivity index is 1.79. The van der Waals surface area contributed by atoms with E-state index in [9.17, 15) is 9.90 Å². The van der Waals surface area contributed by atoms with Crippen LogP contribution in [0.4, 0.5) is 0 Å². The lowest BCUT2D eigenvalue weighted by molar-refractivity contribution is 0.0694. The van der Waals surface area contributed by atoms with Crippen LogP contribution in [-0.2, 0) is 19.5 Å². The third-order valence-electron chi connectivity index (χ3n) is 3.75. The van der Waals surface area contributed by atoms with E-state index in [2.05, 4.69) is 24.0 Å². The molecule has 1 aromatic carbocycles. The van der Waals surface area contributed by atoms with Gasteiger partial charge in [-0.3, -0.25) is 4.90 Å². The van der Waals surface area contributed by atoms with E-state index < -0.39 is 5.97 Å². The maximum atomic E-state index is 11.2. The van der Waals surface area contributed by atoms with Crippen molar-refractivity contribution in [2.45, 2.75) is 26.4 Å². The number of carboxylic acids is 1. The molecule has 1 aliphatic rings. The van der Waals surface area contributed by atoms with E-state index in [1.54, 1.807) is 6.07 Å². The number of hydrogen-bond donors (Lipinski definition) is 1. The summed E-state index contributed by atoms with van der Waals surface area (Å²) in [4.78, 5) is 16.3. The van der Waals surface area contributed by atoms with Gasteiger partial charge in [0.25, 0.3) is 0 Å². The summed E-state index contributed by atoms with van der Waals surface area (Å²) in [6.45, 7) is 4.84. The number of benzene rings is 1. The Bertz CT molecular complexity index is 648. The zero-order valence-corrected chi connectivity index (χ0v) is 12.2. The van der Waals surface area contributed by atoms with Crippen LogP contribution in [0.3, 0.4) is 0 Å². The maximum Gasteiger partial charge on any atom is 0.335 e. The molecule has 0 aliphatic carbocycles. The van der Waals surface area contributed by atoms with Crippen molar-refractivity contribution in [2.24, 2.45) is 0 Å². The number of rotatable bonds is 3. The molecule has 1 aromatic heterocycles. The van der Waals surface area contributed by atoms with E-state index in [0.29, 0.717) is 5.56 Å². The molecule has 2 aromatic rings. The van der Waals surface area contributed by atoms with Gasteiger partial charge >= 0.3 is 5.97 Å². The summed E-state index contributed by atoms with van der Waals surface area (Å²) in [5.74, 6) is -0.816. The lowest BCUT2D eigenvalue weighted by Crippen LogP contribution is -2.30. The van der Waals surface area contributed by atoms with Gasteiger partial charge in [0, 0.05) is 29.4 Å². The van der Waals surface area contributed by atoms with Gasteiger partial charge in [0.05, 0.1) is 5.56 Å². The first-order valence-electron chi connectivity index (χ1n) is 6.75. The molecular formula is C16H17NO2S. The van der Waals surface area contributed by atoms with E-state index in [0.717, 1.165) is 37.2 Å². The van der Waals surface area contributed by atoms with Crippen molar-refractivity contribution >= 4 is 17.3 Å². The quantitative estimate of drug-likeness (QED) is 0.941. The van der Waals surface area contributed by atoms with E-state index in [1.807, 2.05) is 23.5 Å². The van der Waals surface area contributed by atoms with Crippen molar-refractivity contribution < 1.29 is 9.90 Å². The minimum atomic E-state index is -0.816. The van der Waals surface area contributed by atoms with Crippen molar-refractivity contribution in [1.29, 1.82) is 0 Å². The van der Waals surface area contributed by atoms with E-state index in [4.69, 9.17) is 0 Å². The van der Waals surface area contributed by atoms with Crippen LogP contribution in [0.15, 0.2) is 30.3 Å². The lowest BCUT2D eigenvalue weighted by atomic mass is 9.94. The number of nitrogens with zero attached hydrogens (tertiary/aromatic N) is 1. The Labute approximate surface area is 122 Å². The highest BCUT2D eigenvalue weighted by molar-refractivity contribution is 7.11. The van der Waals surface area contributed by atoms with Gasteiger partial charge < -0.3 is 5.11 Å². The molecule has 0 saturated carbocycles. The van der Waals surface area contributed by atoms with Crippen LogP contribution in [0.25, 0.3) is 0 Å². The highest BCUT2D eigenvalue weighted by Crippen LogP contribution is 2.25. The van der Waals surface area contributed by atoms with Crippen LogP contribution in [0.2, 0.25) is 0 Å². The van der Waals surface area contributed by atoms with Gasteiger partial charge in [-0.1, -0.05) is 12.1 Å². The highest BCUT2D eigenvalue weighted by atomic mass is 32.1. The standard InChI is InChI=1S/C16H17NO2S/c1-11-5-6-13(20-11)10-17-8-7-14-12(9-17)3-2-4-15(14)16(18)19/h2-6H,7-10H2,1H3,(H,18,19). The van der Waals surface area contributed by atoms with Gasteiger partial charge in [0.15, 0.2) is 0 Å². The van der Waals surface area contributed by atoms with Gasteiger partial charge in [0.1, 0.15) is 0 Å². The molecule has 0 fully saturated rings. The summed E-state index contributed by atoms with van der Waals surface area (Å²) in [6, 6.07) is 9.94. The third-order valence-corrected chi connectivity index (χ3v) is 4.74. The molecule has 0 saturated heterocycles. The second-order valence-electron chi connectivity index (χ2n) is 5.22. The highest BCUT2D eigenvalue weighted by Gasteiger charge is 2.21. The van der Waals surface area contributed by atoms with Gasteiger partial charge in [-0.25, -0.2) is 4.79 Å². The molecule has 4 heteroatoms. The summed E-state index contributed by atoms with van der Waals surface area (Å²) in [7, 11) is 0. The first-order valence-corrected chi connectivity index (χ1v) is 7.57. The summed E-state index contributed by atoms with van der Waals surface area (Å²) in [5, 5.41) is 9.23. The summed E-state index contributed by atoms with van der Waals surface area (Å²) in [6.07, 6.45) is 0.822. The fourth-order valence-corrected chi connectivity index (χ4v) is 3.73. The van der Waals surface area contributed by atoms with Crippen molar-refractivity contribution in [2.75, 3.05) is 6.54 Å². The number of fused-ring (bicyclic) bond motifs is 1. The van der Waals surface area contributed by atoms with E-state index in [-0.39, 0.29) is 0 Å². The molecule has 104 valence electrons. The fraction of sp³-hybridized carbons (Fsp3) is 0.312. The van der Waals surface area contributed by atoms with E-state index in [1.165, 1.54) is 9.75 Å². The van der Waals surface area contributed by atoms with Crippen LogP contribution >= 0.6 is 11.3 Å². The zero-order valence-electron chi connectivity index (χ0n) is 11.4. The number of aryl methyl sites for hydroxylation is 1. The SMILES string of the molecule is Cc1ccc(CN2CCc3c(cccc3C(=O)O)C2)s1. The molecule has 0 atom stereocenters. The molecule has 0 amide bonds. The Hall–Kier alpha value is -1.65. The number of carboxylic acid groups (broad SMARTS) is 1. The zero-order chi connectivity index (χ0) is 14.1. The van der Waals surface area contributed by atoms with Crippen LogP contribution < -0.4 is 0 Å². The van der Waals surface area contributed by atoms with Crippen molar-refractivity contribution in [3.05, 3.63) is 56.8 Å². The van der Waals surface area contributed by atoms with Gasteiger partial charge in [-0.15, -0.1) is 11.3 Å². The molecule has 3 nitrogen and oxygen atoms in total. The van der Waals surface area contributed by atoms with Gasteiger partial charge in [0.2, 0.25) is 0 Å².